The van der Waals surface area contributed by atoms with Crippen molar-refractivity contribution < 1.29 is 9.90 Å². The largest absolute Gasteiger partial charge is 0.548 e. The molecule has 0 spiro atoms. The van der Waals surface area contributed by atoms with Gasteiger partial charge >= 0.3 is 0 Å². The van der Waals surface area contributed by atoms with Crippen LogP contribution < -0.4 is 10.7 Å². The minimum Gasteiger partial charge on any atom is -0.548 e. The second-order valence-corrected chi connectivity index (χ2v) is 5.56. The Morgan fingerprint density at radius 2 is 1.78 bits per heavy atom. The SMILES string of the molecule is O=C([O-])[C@@H](Cc1ccccc1)n1c(=S)[nH]c2ccccc2c1=O. The van der Waals surface area contributed by atoms with Crippen LogP contribution in [0, 0.1) is 4.77 Å². The van der Waals surface area contributed by atoms with Crippen LogP contribution in [0.25, 0.3) is 10.9 Å². The maximum Gasteiger partial charge on any atom is 0.262 e. The van der Waals surface area contributed by atoms with Crippen LogP contribution in [0.5, 0.6) is 0 Å². The van der Waals surface area contributed by atoms with Crippen LogP contribution in [0.4, 0.5) is 0 Å². The molecule has 2 aromatic carbocycles. The molecule has 0 unspecified atom stereocenters. The molecule has 0 aliphatic rings. The number of hydrogen-bond donors (Lipinski definition) is 1. The highest BCUT2D eigenvalue weighted by Crippen LogP contribution is 2.15. The van der Waals surface area contributed by atoms with E-state index in [1.54, 1.807) is 36.4 Å². The third-order valence-corrected chi connectivity index (χ3v) is 3.99. The van der Waals surface area contributed by atoms with Crippen molar-refractivity contribution in [3.63, 3.8) is 0 Å². The number of aromatic nitrogens is 2. The van der Waals surface area contributed by atoms with Gasteiger partial charge in [-0.1, -0.05) is 42.5 Å². The van der Waals surface area contributed by atoms with Crippen molar-refractivity contribution in [2.75, 3.05) is 0 Å². The molecule has 23 heavy (non-hydrogen) atoms. The predicted molar refractivity (Wildman–Crippen MR) is 87.6 cm³/mol. The molecule has 5 nitrogen and oxygen atoms in total. The number of hydrogen-bond acceptors (Lipinski definition) is 4. The van der Waals surface area contributed by atoms with Crippen LogP contribution in [-0.4, -0.2) is 15.5 Å². The Labute approximate surface area is 136 Å². The zero-order chi connectivity index (χ0) is 16.4. The van der Waals surface area contributed by atoms with Gasteiger partial charge in [-0.15, -0.1) is 0 Å². The van der Waals surface area contributed by atoms with Crippen molar-refractivity contribution in [2.24, 2.45) is 0 Å². The number of para-hydroxylation sites is 1. The first-order valence-corrected chi connectivity index (χ1v) is 7.47. The number of carboxylic acids is 1. The van der Waals surface area contributed by atoms with Crippen molar-refractivity contribution in [3.8, 4) is 0 Å². The third kappa shape index (κ3) is 2.93. The first kappa shape index (κ1) is 15.2. The van der Waals surface area contributed by atoms with Crippen molar-refractivity contribution in [1.29, 1.82) is 0 Å². The lowest BCUT2D eigenvalue weighted by atomic mass is 10.1. The zero-order valence-electron chi connectivity index (χ0n) is 12.1. The van der Waals surface area contributed by atoms with Gasteiger partial charge in [-0.2, -0.15) is 0 Å². The molecule has 0 amide bonds. The molecule has 3 aromatic rings. The van der Waals surface area contributed by atoms with Gasteiger partial charge in [0, 0.05) is 0 Å². The molecule has 0 saturated heterocycles. The fourth-order valence-electron chi connectivity index (χ4n) is 2.58. The number of fused-ring (bicyclic) bond motifs is 1. The lowest BCUT2D eigenvalue weighted by molar-refractivity contribution is -0.310. The highest BCUT2D eigenvalue weighted by molar-refractivity contribution is 7.71. The number of carboxylic acid groups (broad SMARTS) is 1. The molecule has 3 rings (SSSR count). The molecule has 6 heteroatoms. The van der Waals surface area contributed by atoms with Crippen LogP contribution in [0.15, 0.2) is 59.4 Å². The molecule has 0 fully saturated rings. The Bertz CT molecular complexity index is 976. The monoisotopic (exact) mass is 325 g/mol. The summed E-state index contributed by atoms with van der Waals surface area (Å²) in [6, 6.07) is 14.7. The molecular weight excluding hydrogens is 312 g/mol. The number of H-pyrrole nitrogens is 1. The molecular formula is C17H13N2O3S-. The van der Waals surface area contributed by atoms with E-state index in [1.807, 2.05) is 18.2 Å². The van der Waals surface area contributed by atoms with Gasteiger partial charge < -0.3 is 14.9 Å². The van der Waals surface area contributed by atoms with E-state index < -0.39 is 17.6 Å². The van der Waals surface area contributed by atoms with Crippen molar-refractivity contribution >= 4 is 29.1 Å². The number of aromatic amines is 1. The Morgan fingerprint density at radius 3 is 2.48 bits per heavy atom. The second-order valence-electron chi connectivity index (χ2n) is 5.18. The van der Waals surface area contributed by atoms with Gasteiger partial charge in [-0.3, -0.25) is 9.36 Å². The first-order valence-electron chi connectivity index (χ1n) is 7.06. The first-order chi connectivity index (χ1) is 11.1. The van der Waals surface area contributed by atoms with E-state index in [2.05, 4.69) is 4.98 Å². The summed E-state index contributed by atoms with van der Waals surface area (Å²) in [7, 11) is 0. The second kappa shape index (κ2) is 6.18. The molecule has 0 aliphatic heterocycles. The van der Waals surface area contributed by atoms with Crippen LogP contribution in [-0.2, 0) is 11.2 Å². The van der Waals surface area contributed by atoms with Crippen LogP contribution in [0.1, 0.15) is 11.6 Å². The molecule has 0 saturated carbocycles. The summed E-state index contributed by atoms with van der Waals surface area (Å²) in [5.41, 5.74) is 0.932. The number of rotatable bonds is 4. The Balaban J connectivity index is 2.17. The number of nitrogens with zero attached hydrogens (tertiary/aromatic N) is 1. The zero-order valence-corrected chi connectivity index (χ0v) is 12.9. The summed E-state index contributed by atoms with van der Waals surface area (Å²) in [5.74, 6) is -1.34. The summed E-state index contributed by atoms with van der Waals surface area (Å²) < 4.78 is 1.15. The molecule has 0 radical (unpaired) electrons. The Kier molecular flexibility index (Phi) is 4.08. The Morgan fingerprint density at radius 1 is 1.13 bits per heavy atom. The molecule has 116 valence electrons. The Hall–Kier alpha value is -2.73. The molecule has 1 heterocycles. The normalized spacial score (nSPS) is 12.2. The average Bonchev–Trinajstić information content (AvgIpc) is 2.54. The van der Waals surface area contributed by atoms with E-state index in [0.717, 1.165) is 10.1 Å². The number of aliphatic carboxylic acids is 1. The summed E-state index contributed by atoms with van der Waals surface area (Å²) >= 11 is 5.19. The summed E-state index contributed by atoms with van der Waals surface area (Å²) in [5, 5.41) is 12.0. The predicted octanol–water partition coefficient (Wildman–Crippen LogP) is 1.59. The van der Waals surface area contributed by atoms with Gasteiger partial charge in [0.05, 0.1) is 22.9 Å². The molecule has 1 aromatic heterocycles. The molecule has 1 N–H and O–H groups in total. The minimum absolute atomic E-state index is 0.0684. The van der Waals surface area contributed by atoms with E-state index >= 15 is 0 Å². The quantitative estimate of drug-likeness (QED) is 0.739. The average molecular weight is 325 g/mol. The lowest BCUT2D eigenvalue weighted by Gasteiger charge is -2.21. The van der Waals surface area contributed by atoms with Gasteiger partial charge in [0.2, 0.25) is 0 Å². The summed E-state index contributed by atoms with van der Waals surface area (Å²) in [6.45, 7) is 0. The smallest absolute Gasteiger partial charge is 0.262 e. The highest BCUT2D eigenvalue weighted by atomic mass is 32.1. The van der Waals surface area contributed by atoms with E-state index in [4.69, 9.17) is 12.2 Å². The highest BCUT2D eigenvalue weighted by Gasteiger charge is 2.18. The molecule has 0 bridgehead atoms. The van der Waals surface area contributed by atoms with Gasteiger partial charge in [-0.25, -0.2) is 0 Å². The van der Waals surface area contributed by atoms with Gasteiger partial charge in [0.15, 0.2) is 4.77 Å². The van der Waals surface area contributed by atoms with Crippen LogP contribution in [0.3, 0.4) is 0 Å². The number of carbonyl (C=O) groups is 1. The maximum atomic E-state index is 12.7. The van der Waals surface area contributed by atoms with Crippen LogP contribution >= 0.6 is 12.2 Å². The third-order valence-electron chi connectivity index (χ3n) is 3.69. The lowest BCUT2D eigenvalue weighted by Crippen LogP contribution is -2.40. The maximum absolute atomic E-state index is 12.7. The van der Waals surface area contributed by atoms with E-state index in [1.165, 1.54) is 0 Å². The molecule has 1 atom stereocenters. The number of nitrogens with one attached hydrogen (secondary N) is 1. The van der Waals surface area contributed by atoms with Crippen molar-refractivity contribution in [1.82, 2.24) is 9.55 Å². The van der Waals surface area contributed by atoms with E-state index in [0.29, 0.717) is 10.9 Å². The van der Waals surface area contributed by atoms with Gasteiger partial charge in [0.25, 0.3) is 5.56 Å². The summed E-state index contributed by atoms with van der Waals surface area (Å²) in [6.07, 6.45) is 0.124. The van der Waals surface area contributed by atoms with Crippen molar-refractivity contribution in [2.45, 2.75) is 12.5 Å². The standard InChI is InChI=1S/C17H14N2O3S/c20-15-12-8-4-5-9-13(12)18-17(23)19(15)14(16(21)22)10-11-6-2-1-3-7-11/h1-9,14H,10H2,(H,18,23)(H,21,22)/p-1/t14-/m1/s1. The van der Waals surface area contributed by atoms with Crippen LogP contribution in [0.2, 0.25) is 0 Å². The number of carbonyl (C=O) groups excluding carboxylic acids is 1. The van der Waals surface area contributed by atoms with Gasteiger partial charge in [0.1, 0.15) is 0 Å². The fraction of sp³-hybridized carbons (Fsp3) is 0.118. The fourth-order valence-corrected chi connectivity index (χ4v) is 2.90. The van der Waals surface area contributed by atoms with E-state index in [-0.39, 0.29) is 11.2 Å². The topological polar surface area (TPSA) is 77.9 Å². The van der Waals surface area contributed by atoms with Crippen molar-refractivity contribution in [3.05, 3.63) is 75.3 Å². The van der Waals surface area contributed by atoms with Gasteiger partial charge in [-0.05, 0) is 36.3 Å². The minimum atomic E-state index is -1.34. The summed E-state index contributed by atoms with van der Waals surface area (Å²) in [4.78, 5) is 27.2. The van der Waals surface area contributed by atoms with E-state index in [9.17, 15) is 14.7 Å². The molecule has 0 aliphatic carbocycles. The number of benzene rings is 2.